The van der Waals surface area contributed by atoms with Crippen LogP contribution in [-0.4, -0.2) is 33.9 Å². The van der Waals surface area contributed by atoms with Crippen molar-refractivity contribution in [3.05, 3.63) is 160 Å². The Morgan fingerprint density at radius 3 is 2.08 bits per heavy atom. The Balaban J connectivity index is 1.38. The summed E-state index contributed by atoms with van der Waals surface area (Å²) in [7, 11) is 0. The van der Waals surface area contributed by atoms with Gasteiger partial charge in [-0.2, -0.15) is 0 Å². The summed E-state index contributed by atoms with van der Waals surface area (Å²) in [5.41, 5.74) is 1.98. The molecule has 240 valence electrons. The van der Waals surface area contributed by atoms with Gasteiger partial charge in [-0.05, 0) is 77.9 Å². The maximum Gasteiger partial charge on any atom is 0.339 e. The molecule has 0 aliphatic carbocycles. The maximum atomic E-state index is 13.6. The van der Waals surface area contributed by atoms with Gasteiger partial charge in [0, 0.05) is 26.9 Å². The van der Waals surface area contributed by atoms with Gasteiger partial charge < -0.3 is 26.2 Å². The number of aromatic hydroxyl groups is 1. The average molecular weight is 678 g/mol. The summed E-state index contributed by atoms with van der Waals surface area (Å²) in [5, 5.41) is 27.3. The number of carbonyl (C=O) groups is 4. The minimum atomic E-state index is -1.33. The number of hydrogen-bond acceptors (Lipinski definition) is 6. The lowest BCUT2D eigenvalue weighted by molar-refractivity contribution is -0.116. The third-order valence-electron chi connectivity index (χ3n) is 6.89. The first-order valence-corrected chi connectivity index (χ1v) is 15.8. The third-order valence-corrected chi connectivity index (χ3v) is 8.39. The van der Waals surface area contributed by atoms with E-state index in [0.717, 1.165) is 0 Å². The Labute approximate surface area is 285 Å². The van der Waals surface area contributed by atoms with E-state index in [2.05, 4.69) is 16.0 Å². The molecule has 5 aromatic carbocycles. The van der Waals surface area contributed by atoms with Crippen LogP contribution >= 0.6 is 23.4 Å². The van der Waals surface area contributed by atoms with Gasteiger partial charge in [-0.3, -0.25) is 14.4 Å². The molecule has 0 bridgehead atoms. The molecular formula is C37H28ClN3O6S. The van der Waals surface area contributed by atoms with Crippen LogP contribution in [0.25, 0.3) is 6.08 Å². The molecule has 0 radical (unpaired) electrons. The molecule has 1 atom stereocenters. The zero-order valence-electron chi connectivity index (χ0n) is 25.1. The first kappa shape index (κ1) is 33.5. The van der Waals surface area contributed by atoms with Gasteiger partial charge in [-0.1, -0.05) is 78.3 Å². The second-order valence-electron chi connectivity index (χ2n) is 10.3. The highest BCUT2D eigenvalue weighted by Gasteiger charge is 2.24. The van der Waals surface area contributed by atoms with Gasteiger partial charge in [0.05, 0.1) is 0 Å². The van der Waals surface area contributed by atoms with Crippen LogP contribution in [0.4, 0.5) is 11.4 Å². The van der Waals surface area contributed by atoms with Crippen LogP contribution in [0.5, 0.6) is 5.75 Å². The van der Waals surface area contributed by atoms with Crippen molar-refractivity contribution in [2.24, 2.45) is 0 Å². The largest absolute Gasteiger partial charge is 0.507 e. The van der Waals surface area contributed by atoms with Crippen molar-refractivity contribution in [2.75, 3.05) is 10.6 Å². The van der Waals surface area contributed by atoms with Gasteiger partial charge in [-0.15, -0.1) is 11.8 Å². The average Bonchev–Trinajstić information content (AvgIpc) is 3.09. The fourth-order valence-corrected chi connectivity index (χ4v) is 5.75. The molecule has 0 saturated carbocycles. The highest BCUT2D eigenvalue weighted by atomic mass is 35.5. The summed E-state index contributed by atoms with van der Waals surface area (Å²) in [6, 6.07) is 35.0. The number of phenols is 1. The first-order chi connectivity index (χ1) is 23.2. The van der Waals surface area contributed by atoms with Crippen LogP contribution < -0.4 is 16.0 Å². The highest BCUT2D eigenvalue weighted by molar-refractivity contribution is 8.00. The zero-order valence-corrected chi connectivity index (χ0v) is 26.7. The number of carboxylic acid groups (broad SMARTS) is 1. The maximum absolute atomic E-state index is 13.6. The van der Waals surface area contributed by atoms with Crippen molar-refractivity contribution in [1.29, 1.82) is 0 Å². The molecule has 5 aromatic rings. The number of nitrogens with one attached hydrogen (secondary N) is 3. The van der Waals surface area contributed by atoms with Crippen molar-refractivity contribution in [3.63, 3.8) is 0 Å². The SMILES string of the molecule is O=C(Nc1cccc(SC(C(=O)Nc2ccc(O)c(C(=O)O)c2)c2ccccc2)c1)/C(=C/c1ccc(Cl)cc1)NC(=O)c1ccccc1. The van der Waals surface area contributed by atoms with Crippen LogP contribution in [0.15, 0.2) is 138 Å². The second kappa shape index (κ2) is 15.6. The number of carbonyl (C=O) groups excluding carboxylic acids is 3. The zero-order chi connectivity index (χ0) is 34.0. The fourth-order valence-electron chi connectivity index (χ4n) is 4.54. The van der Waals surface area contributed by atoms with E-state index in [-0.39, 0.29) is 16.9 Å². The Bertz CT molecular complexity index is 1990. The minimum Gasteiger partial charge on any atom is -0.507 e. The smallest absolute Gasteiger partial charge is 0.339 e. The van der Waals surface area contributed by atoms with E-state index in [0.29, 0.717) is 32.3 Å². The number of aromatic carboxylic acids is 1. The Morgan fingerprint density at radius 2 is 1.40 bits per heavy atom. The molecule has 1 unspecified atom stereocenters. The molecule has 3 amide bonds. The molecule has 0 aliphatic rings. The van der Waals surface area contributed by atoms with Crippen molar-refractivity contribution >= 4 is 64.5 Å². The van der Waals surface area contributed by atoms with Crippen molar-refractivity contribution < 1.29 is 29.4 Å². The van der Waals surface area contributed by atoms with Crippen molar-refractivity contribution in [3.8, 4) is 5.75 Å². The van der Waals surface area contributed by atoms with E-state index in [9.17, 15) is 29.4 Å². The predicted molar refractivity (Wildman–Crippen MR) is 187 cm³/mol. The topological polar surface area (TPSA) is 145 Å². The minimum absolute atomic E-state index is 0.000370. The molecule has 5 rings (SSSR count). The number of halogens is 1. The van der Waals surface area contributed by atoms with E-state index >= 15 is 0 Å². The lowest BCUT2D eigenvalue weighted by Gasteiger charge is -2.18. The normalized spacial score (nSPS) is 11.6. The summed E-state index contributed by atoms with van der Waals surface area (Å²) in [5.74, 6) is -3.22. The monoisotopic (exact) mass is 677 g/mol. The number of amides is 3. The molecule has 11 heteroatoms. The first-order valence-electron chi connectivity index (χ1n) is 14.5. The van der Waals surface area contributed by atoms with Crippen LogP contribution in [0.1, 0.15) is 37.1 Å². The molecular weight excluding hydrogens is 650 g/mol. The van der Waals surface area contributed by atoms with Crippen molar-refractivity contribution in [1.82, 2.24) is 5.32 Å². The number of hydrogen-bond donors (Lipinski definition) is 5. The molecule has 0 heterocycles. The van der Waals surface area contributed by atoms with E-state index in [1.165, 1.54) is 30.0 Å². The Morgan fingerprint density at radius 1 is 0.729 bits per heavy atom. The molecule has 9 nitrogen and oxygen atoms in total. The number of thioether (sulfide) groups is 1. The van der Waals surface area contributed by atoms with E-state index in [1.807, 2.05) is 6.07 Å². The Kier molecular flexibility index (Phi) is 10.9. The van der Waals surface area contributed by atoms with E-state index in [4.69, 9.17) is 11.6 Å². The lowest BCUT2D eigenvalue weighted by atomic mass is 10.1. The molecule has 0 aromatic heterocycles. The molecule has 0 spiro atoms. The van der Waals surface area contributed by atoms with Crippen LogP contribution in [0.3, 0.4) is 0 Å². The standard InChI is InChI=1S/C37H28ClN3O6S/c38-26-16-14-23(15-17-26)20-31(41-34(43)25-10-5-2-6-11-25)35(44)39-27-12-7-13-29(21-27)48-33(24-8-3-1-4-9-24)36(45)40-28-18-19-32(42)30(22-28)37(46)47/h1-22,33,42H,(H,39,44)(H,40,45)(H,41,43)(H,46,47)/b31-20-. The van der Waals surface area contributed by atoms with E-state index < -0.39 is 34.7 Å². The summed E-state index contributed by atoms with van der Waals surface area (Å²) in [4.78, 5) is 52.3. The molecule has 0 saturated heterocycles. The second-order valence-corrected chi connectivity index (χ2v) is 12.0. The quantitative estimate of drug-likeness (QED) is 0.0549. The summed E-state index contributed by atoms with van der Waals surface area (Å²) < 4.78 is 0. The number of benzene rings is 5. The van der Waals surface area contributed by atoms with Gasteiger partial charge in [0.25, 0.3) is 11.8 Å². The van der Waals surface area contributed by atoms with Gasteiger partial charge in [0.2, 0.25) is 5.91 Å². The number of carboxylic acids is 1. The van der Waals surface area contributed by atoms with Crippen LogP contribution in [0.2, 0.25) is 5.02 Å². The molecule has 5 N–H and O–H groups in total. The van der Waals surface area contributed by atoms with Gasteiger partial charge in [0.1, 0.15) is 22.3 Å². The van der Waals surface area contributed by atoms with Crippen LogP contribution in [0, 0.1) is 0 Å². The lowest BCUT2D eigenvalue weighted by Crippen LogP contribution is -2.30. The fraction of sp³-hybridized carbons (Fsp3) is 0.0270. The number of anilines is 2. The number of rotatable bonds is 11. The van der Waals surface area contributed by atoms with Gasteiger partial charge >= 0.3 is 5.97 Å². The third kappa shape index (κ3) is 8.91. The Hall–Kier alpha value is -5.84. The molecule has 0 fully saturated rings. The predicted octanol–water partition coefficient (Wildman–Crippen LogP) is 7.63. The van der Waals surface area contributed by atoms with Crippen molar-refractivity contribution in [2.45, 2.75) is 10.1 Å². The summed E-state index contributed by atoms with van der Waals surface area (Å²) in [6.07, 6.45) is 1.54. The van der Waals surface area contributed by atoms with Crippen LogP contribution in [-0.2, 0) is 9.59 Å². The van der Waals surface area contributed by atoms with Gasteiger partial charge in [-0.25, -0.2) is 4.79 Å². The van der Waals surface area contributed by atoms with Gasteiger partial charge in [0.15, 0.2) is 0 Å². The van der Waals surface area contributed by atoms with E-state index in [1.54, 1.807) is 109 Å². The molecule has 0 aliphatic heterocycles. The summed E-state index contributed by atoms with van der Waals surface area (Å²) in [6.45, 7) is 0. The molecule has 48 heavy (non-hydrogen) atoms. The highest BCUT2D eigenvalue weighted by Crippen LogP contribution is 2.37. The summed E-state index contributed by atoms with van der Waals surface area (Å²) >= 11 is 7.25.